The van der Waals surface area contributed by atoms with E-state index in [1.807, 2.05) is 0 Å². The minimum atomic E-state index is 0.588. The van der Waals surface area contributed by atoms with Crippen molar-refractivity contribution in [1.29, 1.82) is 0 Å². The van der Waals surface area contributed by atoms with Gasteiger partial charge in [-0.25, -0.2) is 0 Å². The number of unbranched alkanes of at least 4 members (excludes halogenated alkanes) is 3. The Kier molecular flexibility index (Phi) is 4.24. The van der Waals surface area contributed by atoms with Gasteiger partial charge >= 0.3 is 0 Å². The molecule has 13 heavy (non-hydrogen) atoms. The van der Waals surface area contributed by atoms with Crippen molar-refractivity contribution in [2.75, 3.05) is 19.6 Å². The molecule has 0 bridgehead atoms. The van der Waals surface area contributed by atoms with E-state index >= 15 is 0 Å². The SMILES string of the molecule is CCCCCCN1CCC(C)(C)C1. The monoisotopic (exact) mass is 183 g/mol. The number of hydrogen-bond acceptors (Lipinski definition) is 1. The van der Waals surface area contributed by atoms with Crippen LogP contribution >= 0.6 is 0 Å². The van der Waals surface area contributed by atoms with Crippen molar-refractivity contribution < 1.29 is 0 Å². The van der Waals surface area contributed by atoms with Crippen LogP contribution in [0.5, 0.6) is 0 Å². The molecule has 1 saturated heterocycles. The van der Waals surface area contributed by atoms with Gasteiger partial charge in [0.2, 0.25) is 0 Å². The first-order valence-corrected chi connectivity index (χ1v) is 5.86. The third-order valence-electron chi connectivity index (χ3n) is 3.08. The molecular formula is C12H25N. The predicted molar refractivity (Wildman–Crippen MR) is 59.0 cm³/mol. The van der Waals surface area contributed by atoms with Crippen molar-refractivity contribution in [3.05, 3.63) is 0 Å². The highest BCUT2D eigenvalue weighted by atomic mass is 15.1. The van der Waals surface area contributed by atoms with Crippen molar-refractivity contribution >= 4 is 0 Å². The van der Waals surface area contributed by atoms with Crippen molar-refractivity contribution in [3.8, 4) is 0 Å². The smallest absolute Gasteiger partial charge is 0.00332 e. The van der Waals surface area contributed by atoms with Gasteiger partial charge in [0.1, 0.15) is 0 Å². The Bertz CT molecular complexity index is 140. The van der Waals surface area contributed by atoms with Crippen LogP contribution in [0.1, 0.15) is 52.9 Å². The number of likely N-dealkylation sites (tertiary alicyclic amines) is 1. The van der Waals surface area contributed by atoms with E-state index in [1.165, 1.54) is 51.7 Å². The zero-order chi connectivity index (χ0) is 9.73. The van der Waals surface area contributed by atoms with Gasteiger partial charge < -0.3 is 4.90 Å². The zero-order valence-corrected chi connectivity index (χ0v) is 9.60. The van der Waals surface area contributed by atoms with Gasteiger partial charge in [0.25, 0.3) is 0 Å². The van der Waals surface area contributed by atoms with Gasteiger partial charge in [-0.3, -0.25) is 0 Å². The van der Waals surface area contributed by atoms with Crippen molar-refractivity contribution in [1.82, 2.24) is 4.90 Å². The van der Waals surface area contributed by atoms with Crippen molar-refractivity contribution in [2.24, 2.45) is 5.41 Å². The maximum Gasteiger partial charge on any atom is 0.00332 e. The van der Waals surface area contributed by atoms with Crippen LogP contribution in [0.4, 0.5) is 0 Å². The highest BCUT2D eigenvalue weighted by Gasteiger charge is 2.28. The molecule has 0 N–H and O–H groups in total. The molecule has 1 nitrogen and oxygen atoms in total. The minimum Gasteiger partial charge on any atom is -0.303 e. The molecule has 0 aromatic rings. The molecule has 0 radical (unpaired) electrons. The molecule has 1 aliphatic heterocycles. The number of hydrogen-bond donors (Lipinski definition) is 0. The molecule has 1 rings (SSSR count). The molecule has 0 aromatic carbocycles. The van der Waals surface area contributed by atoms with Crippen LogP contribution < -0.4 is 0 Å². The summed E-state index contributed by atoms with van der Waals surface area (Å²) in [4.78, 5) is 2.63. The van der Waals surface area contributed by atoms with Crippen molar-refractivity contribution in [2.45, 2.75) is 52.9 Å². The lowest BCUT2D eigenvalue weighted by molar-refractivity contribution is 0.285. The average molecular weight is 183 g/mol. The van der Waals surface area contributed by atoms with Crippen LogP contribution in [0, 0.1) is 5.41 Å². The zero-order valence-electron chi connectivity index (χ0n) is 9.60. The Labute approximate surface area is 83.5 Å². The second-order valence-electron chi connectivity index (χ2n) is 5.25. The van der Waals surface area contributed by atoms with Gasteiger partial charge in [-0.05, 0) is 31.3 Å². The molecule has 0 atom stereocenters. The van der Waals surface area contributed by atoms with E-state index in [1.54, 1.807) is 0 Å². The normalized spacial score (nSPS) is 22.4. The number of rotatable bonds is 5. The fourth-order valence-electron chi connectivity index (χ4n) is 2.18. The summed E-state index contributed by atoms with van der Waals surface area (Å²) in [6.45, 7) is 11.0. The molecule has 0 unspecified atom stereocenters. The molecule has 1 aliphatic rings. The highest BCUT2D eigenvalue weighted by Crippen LogP contribution is 2.28. The van der Waals surface area contributed by atoms with Gasteiger partial charge in [-0.15, -0.1) is 0 Å². The second kappa shape index (κ2) is 4.99. The molecule has 1 fully saturated rings. The Balaban J connectivity index is 2.04. The van der Waals surface area contributed by atoms with E-state index in [-0.39, 0.29) is 0 Å². The summed E-state index contributed by atoms with van der Waals surface area (Å²) in [5.41, 5.74) is 0.588. The van der Waals surface area contributed by atoms with Crippen LogP contribution in [0.3, 0.4) is 0 Å². The summed E-state index contributed by atoms with van der Waals surface area (Å²) in [5.74, 6) is 0. The summed E-state index contributed by atoms with van der Waals surface area (Å²) in [6, 6.07) is 0. The van der Waals surface area contributed by atoms with Gasteiger partial charge in [0.15, 0.2) is 0 Å². The van der Waals surface area contributed by atoms with E-state index < -0.39 is 0 Å². The predicted octanol–water partition coefficient (Wildman–Crippen LogP) is 3.30. The summed E-state index contributed by atoms with van der Waals surface area (Å²) in [6.07, 6.45) is 6.99. The lowest BCUT2D eigenvalue weighted by atomic mass is 9.93. The van der Waals surface area contributed by atoms with Gasteiger partial charge in [-0.2, -0.15) is 0 Å². The first kappa shape index (κ1) is 11.0. The number of nitrogens with zero attached hydrogens (tertiary/aromatic N) is 1. The third kappa shape index (κ3) is 4.12. The fraction of sp³-hybridized carbons (Fsp3) is 1.00. The van der Waals surface area contributed by atoms with E-state index in [9.17, 15) is 0 Å². The third-order valence-corrected chi connectivity index (χ3v) is 3.08. The topological polar surface area (TPSA) is 3.24 Å². The first-order chi connectivity index (χ1) is 6.14. The molecule has 1 heteroatoms. The molecular weight excluding hydrogens is 158 g/mol. The molecule has 0 amide bonds. The van der Waals surface area contributed by atoms with Crippen molar-refractivity contribution in [3.63, 3.8) is 0 Å². The lowest BCUT2D eigenvalue weighted by Gasteiger charge is -2.19. The largest absolute Gasteiger partial charge is 0.303 e. The van der Waals surface area contributed by atoms with Crippen LogP contribution in [0.2, 0.25) is 0 Å². The summed E-state index contributed by atoms with van der Waals surface area (Å²) >= 11 is 0. The Hall–Kier alpha value is -0.0400. The summed E-state index contributed by atoms with van der Waals surface area (Å²) < 4.78 is 0. The highest BCUT2D eigenvalue weighted by molar-refractivity contribution is 4.82. The Morgan fingerprint density at radius 2 is 1.92 bits per heavy atom. The quantitative estimate of drug-likeness (QED) is 0.591. The maximum atomic E-state index is 2.63. The minimum absolute atomic E-state index is 0.588. The standard InChI is InChI=1S/C12H25N/c1-4-5-6-7-9-13-10-8-12(2,3)11-13/h4-11H2,1-3H3. The Morgan fingerprint density at radius 3 is 2.46 bits per heavy atom. The van der Waals surface area contributed by atoms with Gasteiger partial charge in [0.05, 0.1) is 0 Å². The van der Waals surface area contributed by atoms with E-state index in [0.717, 1.165) is 0 Å². The summed E-state index contributed by atoms with van der Waals surface area (Å²) in [7, 11) is 0. The average Bonchev–Trinajstić information content (AvgIpc) is 2.40. The van der Waals surface area contributed by atoms with Gasteiger partial charge in [-0.1, -0.05) is 40.0 Å². The second-order valence-corrected chi connectivity index (χ2v) is 5.25. The van der Waals surface area contributed by atoms with Crippen LogP contribution in [-0.2, 0) is 0 Å². The lowest BCUT2D eigenvalue weighted by Crippen LogP contribution is -2.24. The first-order valence-electron chi connectivity index (χ1n) is 5.86. The molecule has 0 spiro atoms. The summed E-state index contributed by atoms with van der Waals surface area (Å²) in [5, 5.41) is 0. The van der Waals surface area contributed by atoms with Gasteiger partial charge in [0, 0.05) is 6.54 Å². The van der Waals surface area contributed by atoms with E-state index in [2.05, 4.69) is 25.7 Å². The molecule has 78 valence electrons. The Morgan fingerprint density at radius 1 is 1.15 bits per heavy atom. The molecule has 1 heterocycles. The van der Waals surface area contributed by atoms with Crippen LogP contribution in [-0.4, -0.2) is 24.5 Å². The van der Waals surface area contributed by atoms with E-state index in [4.69, 9.17) is 0 Å². The maximum absolute atomic E-state index is 2.63. The molecule has 0 aliphatic carbocycles. The molecule has 0 saturated carbocycles. The molecule has 0 aromatic heterocycles. The van der Waals surface area contributed by atoms with Crippen LogP contribution in [0.25, 0.3) is 0 Å². The van der Waals surface area contributed by atoms with E-state index in [0.29, 0.717) is 5.41 Å². The van der Waals surface area contributed by atoms with Crippen LogP contribution in [0.15, 0.2) is 0 Å². The fourth-order valence-corrected chi connectivity index (χ4v) is 2.18.